The quantitative estimate of drug-likeness (QED) is 0.912. The lowest BCUT2D eigenvalue weighted by molar-refractivity contribution is 0.358. The van der Waals surface area contributed by atoms with Gasteiger partial charge in [-0.25, -0.2) is 4.68 Å². The van der Waals surface area contributed by atoms with Crippen LogP contribution in [0, 0.1) is 11.3 Å². The summed E-state index contributed by atoms with van der Waals surface area (Å²) in [5.74, 6) is 1.59. The third-order valence-electron chi connectivity index (χ3n) is 4.01. The van der Waals surface area contributed by atoms with E-state index in [2.05, 4.69) is 21.3 Å². The molecule has 0 amide bonds. The standard InChI is InChI=1S/C16H21N5O2/c1-16(2,3)13-11(5-4-8-17)15(22)21(19-13)9-12-18-14(20-23-12)10-6-7-10/h10,19H,4-7,9H2,1-3H3. The van der Waals surface area contributed by atoms with Crippen molar-refractivity contribution < 1.29 is 4.52 Å². The van der Waals surface area contributed by atoms with E-state index in [9.17, 15) is 4.79 Å². The summed E-state index contributed by atoms with van der Waals surface area (Å²) in [6.07, 6.45) is 2.98. The number of nitrogens with zero attached hydrogens (tertiary/aromatic N) is 4. The van der Waals surface area contributed by atoms with E-state index in [1.165, 1.54) is 4.68 Å². The summed E-state index contributed by atoms with van der Waals surface area (Å²) >= 11 is 0. The number of H-pyrrole nitrogens is 1. The molecule has 1 fully saturated rings. The first-order valence-corrected chi connectivity index (χ1v) is 7.91. The molecule has 0 radical (unpaired) electrons. The van der Waals surface area contributed by atoms with Gasteiger partial charge < -0.3 is 4.52 Å². The highest BCUT2D eigenvalue weighted by Gasteiger charge is 2.29. The number of nitriles is 1. The van der Waals surface area contributed by atoms with Crippen LogP contribution in [0.1, 0.15) is 68.9 Å². The summed E-state index contributed by atoms with van der Waals surface area (Å²) in [6.45, 7) is 6.34. The Labute approximate surface area is 134 Å². The Kier molecular flexibility index (Phi) is 3.84. The number of aromatic nitrogens is 4. The third-order valence-corrected chi connectivity index (χ3v) is 4.01. The Morgan fingerprint density at radius 1 is 1.43 bits per heavy atom. The Bertz CT molecular complexity index is 796. The van der Waals surface area contributed by atoms with E-state index in [1.807, 2.05) is 20.8 Å². The summed E-state index contributed by atoms with van der Waals surface area (Å²) in [6, 6.07) is 2.10. The minimum Gasteiger partial charge on any atom is -0.337 e. The van der Waals surface area contributed by atoms with Gasteiger partial charge in [-0.05, 0) is 19.3 Å². The number of rotatable bonds is 5. The van der Waals surface area contributed by atoms with E-state index in [0.29, 0.717) is 30.2 Å². The maximum absolute atomic E-state index is 12.6. The van der Waals surface area contributed by atoms with Gasteiger partial charge in [0.2, 0.25) is 5.89 Å². The molecular formula is C16H21N5O2. The van der Waals surface area contributed by atoms with Gasteiger partial charge in [0, 0.05) is 29.0 Å². The van der Waals surface area contributed by atoms with Crippen LogP contribution in [-0.4, -0.2) is 19.9 Å². The van der Waals surface area contributed by atoms with Crippen LogP contribution in [-0.2, 0) is 18.4 Å². The van der Waals surface area contributed by atoms with Crippen molar-refractivity contribution in [3.05, 3.63) is 33.3 Å². The van der Waals surface area contributed by atoms with Gasteiger partial charge in [0.25, 0.3) is 5.56 Å². The van der Waals surface area contributed by atoms with E-state index in [-0.39, 0.29) is 17.5 Å². The van der Waals surface area contributed by atoms with Gasteiger partial charge in [-0.15, -0.1) is 0 Å². The largest absolute Gasteiger partial charge is 0.337 e. The van der Waals surface area contributed by atoms with Gasteiger partial charge in [-0.3, -0.25) is 9.89 Å². The van der Waals surface area contributed by atoms with Crippen molar-refractivity contribution in [3.8, 4) is 6.07 Å². The highest BCUT2D eigenvalue weighted by molar-refractivity contribution is 5.25. The van der Waals surface area contributed by atoms with Crippen LogP contribution in [0.5, 0.6) is 0 Å². The molecule has 2 heterocycles. The average molecular weight is 315 g/mol. The lowest BCUT2D eigenvalue weighted by Crippen LogP contribution is -2.20. The van der Waals surface area contributed by atoms with Crippen LogP contribution in [0.15, 0.2) is 9.32 Å². The summed E-state index contributed by atoms with van der Waals surface area (Å²) in [7, 11) is 0. The minimum absolute atomic E-state index is 0.114. The van der Waals surface area contributed by atoms with E-state index >= 15 is 0 Å². The molecule has 0 spiro atoms. The summed E-state index contributed by atoms with van der Waals surface area (Å²) < 4.78 is 6.75. The van der Waals surface area contributed by atoms with Crippen molar-refractivity contribution in [1.82, 2.24) is 19.9 Å². The zero-order valence-electron chi connectivity index (χ0n) is 13.7. The fourth-order valence-corrected chi connectivity index (χ4v) is 2.64. The second-order valence-electron chi connectivity index (χ2n) is 7.09. The maximum atomic E-state index is 12.6. The maximum Gasteiger partial charge on any atom is 0.270 e. The summed E-state index contributed by atoms with van der Waals surface area (Å²) in [5, 5.41) is 16.0. The second-order valence-corrected chi connectivity index (χ2v) is 7.09. The molecule has 0 saturated heterocycles. The van der Waals surface area contributed by atoms with Crippen LogP contribution in [0.25, 0.3) is 0 Å². The molecule has 0 atom stereocenters. The summed E-state index contributed by atoms with van der Waals surface area (Å²) in [5.41, 5.74) is 1.21. The fourth-order valence-electron chi connectivity index (χ4n) is 2.64. The molecule has 1 aliphatic carbocycles. The van der Waals surface area contributed by atoms with E-state index in [0.717, 1.165) is 24.4 Å². The fraction of sp³-hybridized carbons (Fsp3) is 0.625. The van der Waals surface area contributed by atoms with E-state index < -0.39 is 0 Å². The Hall–Kier alpha value is -2.36. The highest BCUT2D eigenvalue weighted by Crippen LogP contribution is 2.38. The molecule has 0 aliphatic heterocycles. The Balaban J connectivity index is 1.90. The summed E-state index contributed by atoms with van der Waals surface area (Å²) in [4.78, 5) is 17.0. The highest BCUT2D eigenvalue weighted by atomic mass is 16.5. The van der Waals surface area contributed by atoms with Crippen molar-refractivity contribution in [1.29, 1.82) is 5.26 Å². The molecule has 2 aromatic rings. The molecule has 1 saturated carbocycles. The van der Waals surface area contributed by atoms with Crippen molar-refractivity contribution in [2.45, 2.75) is 64.3 Å². The van der Waals surface area contributed by atoms with Crippen LogP contribution < -0.4 is 5.56 Å². The number of hydrogen-bond donors (Lipinski definition) is 1. The molecule has 2 aromatic heterocycles. The third kappa shape index (κ3) is 3.21. The minimum atomic E-state index is -0.205. The van der Waals surface area contributed by atoms with Crippen molar-refractivity contribution in [2.75, 3.05) is 0 Å². The predicted octanol–water partition coefficient (Wildman–Crippen LogP) is 2.24. The van der Waals surface area contributed by atoms with Crippen molar-refractivity contribution >= 4 is 0 Å². The Morgan fingerprint density at radius 3 is 2.78 bits per heavy atom. The number of nitrogens with one attached hydrogen (secondary N) is 1. The Morgan fingerprint density at radius 2 is 2.17 bits per heavy atom. The normalized spacial score (nSPS) is 14.9. The van der Waals surface area contributed by atoms with Crippen molar-refractivity contribution in [2.24, 2.45) is 0 Å². The molecule has 23 heavy (non-hydrogen) atoms. The lowest BCUT2D eigenvalue weighted by Gasteiger charge is -2.17. The molecule has 7 nitrogen and oxygen atoms in total. The lowest BCUT2D eigenvalue weighted by atomic mass is 9.88. The SMILES string of the molecule is CC(C)(C)c1[nH]n(Cc2nc(C3CC3)no2)c(=O)c1CCC#N. The first-order valence-electron chi connectivity index (χ1n) is 7.91. The van der Waals surface area contributed by atoms with Gasteiger partial charge in [0.1, 0.15) is 6.54 Å². The van der Waals surface area contributed by atoms with Crippen LogP contribution in [0.3, 0.4) is 0 Å². The second kappa shape index (κ2) is 5.69. The molecular weight excluding hydrogens is 294 g/mol. The topological polar surface area (TPSA) is 100 Å². The molecule has 1 N–H and O–H groups in total. The molecule has 0 bridgehead atoms. The van der Waals surface area contributed by atoms with Crippen LogP contribution in [0.4, 0.5) is 0 Å². The molecule has 3 rings (SSSR count). The first-order chi connectivity index (χ1) is 10.9. The smallest absolute Gasteiger partial charge is 0.270 e. The van der Waals surface area contributed by atoms with Crippen LogP contribution in [0.2, 0.25) is 0 Å². The predicted molar refractivity (Wildman–Crippen MR) is 83.1 cm³/mol. The van der Waals surface area contributed by atoms with E-state index in [1.54, 1.807) is 0 Å². The van der Waals surface area contributed by atoms with E-state index in [4.69, 9.17) is 9.78 Å². The molecule has 1 aliphatic rings. The van der Waals surface area contributed by atoms with Crippen molar-refractivity contribution in [3.63, 3.8) is 0 Å². The molecule has 0 aromatic carbocycles. The number of hydrogen-bond acceptors (Lipinski definition) is 5. The zero-order valence-corrected chi connectivity index (χ0v) is 13.7. The molecule has 7 heteroatoms. The molecule has 122 valence electrons. The van der Waals surface area contributed by atoms with Gasteiger partial charge in [0.05, 0.1) is 6.07 Å². The van der Waals surface area contributed by atoms with Gasteiger partial charge >= 0.3 is 0 Å². The number of aromatic amines is 1. The van der Waals surface area contributed by atoms with Gasteiger partial charge in [-0.1, -0.05) is 25.9 Å². The van der Waals surface area contributed by atoms with Gasteiger partial charge in [0.15, 0.2) is 5.82 Å². The van der Waals surface area contributed by atoms with Crippen LogP contribution >= 0.6 is 0 Å². The monoisotopic (exact) mass is 315 g/mol. The zero-order chi connectivity index (χ0) is 16.6. The first kappa shape index (κ1) is 15.5. The van der Waals surface area contributed by atoms with Gasteiger partial charge in [-0.2, -0.15) is 10.2 Å². The molecule has 0 unspecified atom stereocenters. The average Bonchev–Trinajstić information content (AvgIpc) is 3.15.